The number of rotatable bonds is 3. The Morgan fingerprint density at radius 2 is 2.17 bits per heavy atom. The molecule has 0 aliphatic heterocycles. The van der Waals surface area contributed by atoms with E-state index in [1.807, 2.05) is 18.2 Å². The highest BCUT2D eigenvalue weighted by Gasteiger charge is 2.32. The summed E-state index contributed by atoms with van der Waals surface area (Å²) in [7, 11) is 0. The van der Waals surface area contributed by atoms with Crippen LogP contribution in [0.2, 0.25) is 5.02 Å². The number of nitrogens with zero attached hydrogens (tertiary/aromatic N) is 1. The van der Waals surface area contributed by atoms with Crippen molar-refractivity contribution in [2.24, 2.45) is 0 Å². The minimum atomic E-state index is -0.979. The van der Waals surface area contributed by atoms with Crippen LogP contribution in [0.5, 0.6) is 0 Å². The predicted molar refractivity (Wildman–Crippen MR) is 73.2 cm³/mol. The lowest BCUT2D eigenvalue weighted by Crippen LogP contribution is -2.28. The predicted octanol–water partition coefficient (Wildman–Crippen LogP) is 3.83. The van der Waals surface area contributed by atoms with Crippen molar-refractivity contribution in [1.29, 1.82) is 0 Å². The smallest absolute Gasteiger partial charge is 0.315 e. The maximum Gasteiger partial charge on any atom is 0.315 e. The standard InChI is InChI=1S/C13H12ClNO2S/c1-13(2,12(16)17)10-7-18-11(15-10)8-4-3-5-9(14)6-8/h3-7H,1-2H3,(H,16,17). The third kappa shape index (κ3) is 2.40. The van der Waals surface area contributed by atoms with Crippen LogP contribution in [0.4, 0.5) is 0 Å². The fourth-order valence-electron chi connectivity index (χ4n) is 1.42. The van der Waals surface area contributed by atoms with Crippen LogP contribution >= 0.6 is 22.9 Å². The first-order valence-corrected chi connectivity index (χ1v) is 6.62. The lowest BCUT2D eigenvalue weighted by molar-refractivity contribution is -0.142. The van der Waals surface area contributed by atoms with E-state index < -0.39 is 11.4 Å². The average molecular weight is 282 g/mol. The summed E-state index contributed by atoms with van der Waals surface area (Å²) >= 11 is 7.35. The summed E-state index contributed by atoms with van der Waals surface area (Å²) in [6, 6.07) is 7.36. The van der Waals surface area contributed by atoms with Crippen molar-refractivity contribution < 1.29 is 9.90 Å². The lowest BCUT2D eigenvalue weighted by Gasteiger charge is -2.15. The van der Waals surface area contributed by atoms with Gasteiger partial charge in [0.25, 0.3) is 0 Å². The molecule has 2 aromatic rings. The molecule has 1 aromatic carbocycles. The molecule has 5 heteroatoms. The van der Waals surface area contributed by atoms with E-state index in [1.165, 1.54) is 11.3 Å². The molecule has 1 heterocycles. The SMILES string of the molecule is CC(C)(C(=O)O)c1csc(-c2cccc(Cl)c2)n1. The van der Waals surface area contributed by atoms with Gasteiger partial charge in [-0.3, -0.25) is 4.79 Å². The Kier molecular flexibility index (Phi) is 3.41. The molecule has 94 valence electrons. The molecule has 0 amide bonds. The third-order valence-electron chi connectivity index (χ3n) is 2.75. The molecule has 18 heavy (non-hydrogen) atoms. The third-order valence-corrected chi connectivity index (χ3v) is 3.88. The van der Waals surface area contributed by atoms with Crippen LogP contribution in [0, 0.1) is 0 Å². The van der Waals surface area contributed by atoms with Crippen LogP contribution in [-0.2, 0) is 10.2 Å². The van der Waals surface area contributed by atoms with Crippen molar-refractivity contribution in [3.05, 3.63) is 40.4 Å². The Balaban J connectivity index is 2.40. The molecule has 0 bridgehead atoms. The number of thiazole rings is 1. The second kappa shape index (κ2) is 4.71. The van der Waals surface area contributed by atoms with Crippen molar-refractivity contribution in [1.82, 2.24) is 4.98 Å². The first kappa shape index (κ1) is 13.1. The van der Waals surface area contributed by atoms with Gasteiger partial charge in [0.1, 0.15) is 10.4 Å². The highest BCUT2D eigenvalue weighted by Crippen LogP contribution is 2.31. The van der Waals surface area contributed by atoms with Gasteiger partial charge in [-0.05, 0) is 26.0 Å². The molecule has 1 N–H and O–H groups in total. The number of hydrogen-bond donors (Lipinski definition) is 1. The monoisotopic (exact) mass is 281 g/mol. The molecule has 2 rings (SSSR count). The van der Waals surface area contributed by atoms with Crippen molar-refractivity contribution in [3.63, 3.8) is 0 Å². The largest absolute Gasteiger partial charge is 0.481 e. The number of aromatic nitrogens is 1. The van der Waals surface area contributed by atoms with E-state index in [2.05, 4.69) is 4.98 Å². The zero-order valence-corrected chi connectivity index (χ0v) is 11.5. The van der Waals surface area contributed by atoms with Crippen LogP contribution < -0.4 is 0 Å². The minimum Gasteiger partial charge on any atom is -0.481 e. The summed E-state index contributed by atoms with van der Waals surface area (Å²) in [6.45, 7) is 3.29. The summed E-state index contributed by atoms with van der Waals surface area (Å²) < 4.78 is 0. The molecule has 0 aliphatic carbocycles. The number of benzene rings is 1. The van der Waals surface area contributed by atoms with E-state index in [0.29, 0.717) is 10.7 Å². The minimum absolute atomic E-state index is 0.565. The summed E-state index contributed by atoms with van der Waals surface area (Å²) in [5.41, 5.74) is 0.489. The van der Waals surface area contributed by atoms with Gasteiger partial charge in [-0.1, -0.05) is 23.7 Å². The van der Waals surface area contributed by atoms with E-state index in [9.17, 15) is 4.79 Å². The van der Waals surface area contributed by atoms with Crippen LogP contribution in [0.1, 0.15) is 19.5 Å². The molecular weight excluding hydrogens is 270 g/mol. The summed E-state index contributed by atoms with van der Waals surface area (Å²) in [4.78, 5) is 15.6. The van der Waals surface area contributed by atoms with Crippen LogP contribution in [0.15, 0.2) is 29.6 Å². The van der Waals surface area contributed by atoms with Crippen LogP contribution in [0.25, 0.3) is 10.6 Å². The molecular formula is C13H12ClNO2S. The Morgan fingerprint density at radius 3 is 2.78 bits per heavy atom. The molecule has 3 nitrogen and oxygen atoms in total. The fourth-order valence-corrected chi connectivity index (χ4v) is 2.60. The van der Waals surface area contributed by atoms with Gasteiger partial charge in [-0.15, -0.1) is 11.3 Å². The molecule has 0 atom stereocenters. The summed E-state index contributed by atoms with van der Waals surface area (Å²) in [6.07, 6.45) is 0. The Bertz CT molecular complexity index is 592. The summed E-state index contributed by atoms with van der Waals surface area (Å²) in [5, 5.41) is 12.4. The molecule has 0 spiro atoms. The maximum atomic E-state index is 11.2. The van der Waals surface area contributed by atoms with E-state index in [1.54, 1.807) is 25.3 Å². The van der Waals surface area contributed by atoms with Crippen molar-refractivity contribution >= 4 is 28.9 Å². The van der Waals surface area contributed by atoms with E-state index in [0.717, 1.165) is 10.6 Å². The number of carboxylic acid groups (broad SMARTS) is 1. The second-order valence-corrected chi connectivity index (χ2v) is 5.77. The van der Waals surface area contributed by atoms with Crippen molar-refractivity contribution in [2.75, 3.05) is 0 Å². The highest BCUT2D eigenvalue weighted by molar-refractivity contribution is 7.13. The molecule has 0 saturated carbocycles. The van der Waals surface area contributed by atoms with E-state index >= 15 is 0 Å². The number of hydrogen-bond acceptors (Lipinski definition) is 3. The highest BCUT2D eigenvalue weighted by atomic mass is 35.5. The molecule has 0 radical (unpaired) electrons. The van der Waals surface area contributed by atoms with Crippen molar-refractivity contribution in [3.8, 4) is 10.6 Å². The Labute approximate surface area is 114 Å². The molecule has 0 unspecified atom stereocenters. The van der Waals surface area contributed by atoms with Gasteiger partial charge in [-0.25, -0.2) is 4.98 Å². The molecule has 0 fully saturated rings. The fraction of sp³-hybridized carbons (Fsp3) is 0.231. The number of carbonyl (C=O) groups is 1. The molecule has 1 aromatic heterocycles. The van der Waals surface area contributed by atoms with Crippen LogP contribution in [-0.4, -0.2) is 16.1 Å². The lowest BCUT2D eigenvalue weighted by atomic mass is 9.90. The van der Waals surface area contributed by atoms with Crippen LogP contribution in [0.3, 0.4) is 0 Å². The number of halogens is 1. The van der Waals surface area contributed by atoms with Gasteiger partial charge < -0.3 is 5.11 Å². The quantitative estimate of drug-likeness (QED) is 0.930. The van der Waals surface area contributed by atoms with Gasteiger partial charge in [0, 0.05) is 16.0 Å². The van der Waals surface area contributed by atoms with Gasteiger partial charge >= 0.3 is 5.97 Å². The summed E-state index contributed by atoms with van der Waals surface area (Å²) in [5.74, 6) is -0.884. The maximum absolute atomic E-state index is 11.2. The van der Waals surface area contributed by atoms with Gasteiger partial charge in [0.15, 0.2) is 0 Å². The van der Waals surface area contributed by atoms with Crippen molar-refractivity contribution in [2.45, 2.75) is 19.3 Å². The second-order valence-electron chi connectivity index (χ2n) is 4.48. The zero-order chi connectivity index (χ0) is 13.3. The van der Waals surface area contributed by atoms with E-state index in [-0.39, 0.29) is 0 Å². The first-order valence-electron chi connectivity index (χ1n) is 5.36. The number of aliphatic carboxylic acids is 1. The van der Waals surface area contributed by atoms with Gasteiger partial charge in [0.2, 0.25) is 0 Å². The topological polar surface area (TPSA) is 50.2 Å². The van der Waals surface area contributed by atoms with E-state index in [4.69, 9.17) is 16.7 Å². The zero-order valence-electron chi connectivity index (χ0n) is 9.98. The molecule has 0 aliphatic rings. The van der Waals surface area contributed by atoms with Gasteiger partial charge in [0.05, 0.1) is 5.69 Å². The Morgan fingerprint density at radius 1 is 1.44 bits per heavy atom. The number of carboxylic acids is 1. The Hall–Kier alpha value is -1.39. The molecule has 0 saturated heterocycles. The van der Waals surface area contributed by atoms with Gasteiger partial charge in [-0.2, -0.15) is 0 Å². The normalized spacial score (nSPS) is 11.5. The average Bonchev–Trinajstić information content (AvgIpc) is 2.78. The first-order chi connectivity index (χ1) is 8.41.